The third-order valence-corrected chi connectivity index (χ3v) is 4.06. The molecule has 0 unspecified atom stereocenters. The van der Waals surface area contributed by atoms with Gasteiger partial charge in [-0.05, 0) is 35.4 Å². The van der Waals surface area contributed by atoms with Crippen LogP contribution in [0.15, 0.2) is 61.2 Å². The van der Waals surface area contributed by atoms with Crippen LogP contribution in [0.5, 0.6) is 11.5 Å². The number of pyridine rings is 2. The quantitative estimate of drug-likeness (QED) is 0.607. The van der Waals surface area contributed by atoms with Gasteiger partial charge in [-0.15, -0.1) is 0 Å². The Kier molecular flexibility index (Phi) is 8.33. The molecular weight excluding hydrogens is 385 g/mol. The average molecular weight is 405 g/mol. The smallest absolute Gasteiger partial charge is 0.180 e. The summed E-state index contributed by atoms with van der Waals surface area (Å²) in [4.78, 5) is 8.18. The van der Waals surface area contributed by atoms with E-state index < -0.39 is 0 Å². The second-order valence-corrected chi connectivity index (χ2v) is 6.13. The van der Waals surface area contributed by atoms with Gasteiger partial charge in [-0.3, -0.25) is 9.97 Å². The van der Waals surface area contributed by atoms with E-state index in [2.05, 4.69) is 15.3 Å². The third-order valence-electron chi connectivity index (χ3n) is 3.78. The van der Waals surface area contributed by atoms with Crippen molar-refractivity contribution in [3.05, 3.63) is 82.9 Å². The highest BCUT2D eigenvalue weighted by Gasteiger charge is 2.12. The number of halogens is 2. The molecule has 0 amide bonds. The summed E-state index contributed by atoms with van der Waals surface area (Å²) in [5.41, 5.74) is 3.11. The summed E-state index contributed by atoms with van der Waals surface area (Å²) in [6.45, 7) is 1.77. The summed E-state index contributed by atoms with van der Waals surface area (Å²) >= 11 is 6.42. The van der Waals surface area contributed by atoms with E-state index in [9.17, 15) is 0 Å². The fraction of sp³-hybridized carbons (Fsp3) is 0.200. The minimum Gasteiger partial charge on any atom is -1.00 e. The number of hydrogen-bond acceptors (Lipinski definition) is 5. The highest BCUT2D eigenvalue weighted by atomic mass is 35.5. The Hall–Kier alpha value is -2.34. The summed E-state index contributed by atoms with van der Waals surface area (Å²) < 4.78 is 11.3. The average Bonchev–Trinajstić information content (AvgIpc) is 2.68. The summed E-state index contributed by atoms with van der Waals surface area (Å²) in [6.07, 6.45) is 7.09. The predicted molar refractivity (Wildman–Crippen MR) is 101 cm³/mol. The zero-order valence-electron chi connectivity index (χ0n) is 14.9. The number of rotatable bonds is 8. The van der Waals surface area contributed by atoms with Crippen molar-refractivity contribution >= 4 is 11.6 Å². The Balaban J connectivity index is 0.00000261. The summed E-state index contributed by atoms with van der Waals surface area (Å²) in [7, 11) is 1.61. The third kappa shape index (κ3) is 6.10. The molecule has 0 aliphatic heterocycles. The first-order valence-corrected chi connectivity index (χ1v) is 8.62. The van der Waals surface area contributed by atoms with Gasteiger partial charge in [0, 0.05) is 43.4 Å². The van der Waals surface area contributed by atoms with Crippen LogP contribution < -0.4 is 27.2 Å². The lowest BCUT2D eigenvalue weighted by molar-refractivity contribution is -0.00000585. The summed E-state index contributed by atoms with van der Waals surface area (Å²) in [6, 6.07) is 11.6. The van der Waals surface area contributed by atoms with Gasteiger partial charge in [0.15, 0.2) is 11.5 Å². The summed E-state index contributed by atoms with van der Waals surface area (Å²) in [5, 5.41) is 3.89. The van der Waals surface area contributed by atoms with Gasteiger partial charge in [-0.1, -0.05) is 23.7 Å². The molecule has 0 atom stereocenters. The topological polar surface area (TPSA) is 56.3 Å². The molecule has 0 spiro atoms. The molecule has 0 fully saturated rings. The largest absolute Gasteiger partial charge is 1.00 e. The molecule has 0 bridgehead atoms. The number of methoxy groups -OCH3 is 1. The van der Waals surface area contributed by atoms with Crippen molar-refractivity contribution in [2.45, 2.75) is 19.7 Å². The number of aromatic nitrogens is 2. The number of ether oxygens (including phenoxy) is 2. The lowest BCUT2D eigenvalue weighted by atomic mass is 10.2. The lowest BCUT2D eigenvalue weighted by Gasteiger charge is -2.14. The first kappa shape index (κ1) is 21.0. The van der Waals surface area contributed by atoms with Crippen molar-refractivity contribution in [1.29, 1.82) is 0 Å². The lowest BCUT2D eigenvalue weighted by Crippen LogP contribution is -3.00. The van der Waals surface area contributed by atoms with Crippen LogP contribution in [0, 0.1) is 0 Å². The molecule has 142 valence electrons. The second-order valence-electron chi connectivity index (χ2n) is 5.72. The van der Waals surface area contributed by atoms with Crippen LogP contribution >= 0.6 is 11.6 Å². The number of hydrogen-bond donors (Lipinski definition) is 1. The van der Waals surface area contributed by atoms with Crippen LogP contribution in [0.4, 0.5) is 0 Å². The van der Waals surface area contributed by atoms with Gasteiger partial charge in [0.25, 0.3) is 0 Å². The summed E-state index contributed by atoms with van der Waals surface area (Å²) in [5.74, 6) is 1.15. The molecule has 2 heterocycles. The van der Waals surface area contributed by atoms with Crippen molar-refractivity contribution in [3.63, 3.8) is 0 Å². The van der Waals surface area contributed by atoms with Crippen LogP contribution in [0.2, 0.25) is 5.02 Å². The number of nitrogens with one attached hydrogen (secondary N) is 1. The molecule has 3 rings (SSSR count). The van der Waals surface area contributed by atoms with E-state index >= 15 is 0 Å². The van der Waals surface area contributed by atoms with Crippen molar-refractivity contribution in [2.24, 2.45) is 0 Å². The zero-order valence-corrected chi connectivity index (χ0v) is 16.4. The fourth-order valence-electron chi connectivity index (χ4n) is 2.51. The molecule has 3 aromatic rings. The van der Waals surface area contributed by atoms with Crippen LogP contribution in [0.25, 0.3) is 0 Å². The van der Waals surface area contributed by atoms with Gasteiger partial charge in [-0.25, -0.2) is 0 Å². The molecule has 5 nitrogen and oxygen atoms in total. The SMILES string of the molecule is COc1cc(CNCc2cccnc2)cc(Cl)c1OCc1cccnc1.[Cl-]. The molecule has 1 N–H and O–H groups in total. The van der Waals surface area contributed by atoms with Gasteiger partial charge in [0.05, 0.1) is 12.1 Å². The van der Waals surface area contributed by atoms with Gasteiger partial charge in [0.1, 0.15) is 6.61 Å². The Morgan fingerprint density at radius 3 is 2.26 bits per heavy atom. The number of benzene rings is 1. The van der Waals surface area contributed by atoms with Crippen molar-refractivity contribution in [3.8, 4) is 11.5 Å². The van der Waals surface area contributed by atoms with E-state index in [-0.39, 0.29) is 12.4 Å². The Morgan fingerprint density at radius 2 is 1.63 bits per heavy atom. The minimum atomic E-state index is 0. The maximum Gasteiger partial charge on any atom is 0.180 e. The molecule has 27 heavy (non-hydrogen) atoms. The van der Waals surface area contributed by atoms with Gasteiger partial charge >= 0.3 is 0 Å². The normalized spacial score (nSPS) is 10.1. The maximum absolute atomic E-state index is 6.42. The highest BCUT2D eigenvalue weighted by molar-refractivity contribution is 6.32. The maximum atomic E-state index is 6.42. The molecule has 0 radical (unpaired) electrons. The van der Waals surface area contributed by atoms with E-state index in [1.807, 2.05) is 42.6 Å². The van der Waals surface area contributed by atoms with Crippen molar-refractivity contribution in [2.75, 3.05) is 7.11 Å². The zero-order chi connectivity index (χ0) is 18.2. The Labute approximate surface area is 170 Å². The first-order valence-electron chi connectivity index (χ1n) is 8.24. The van der Waals surface area contributed by atoms with Gasteiger partial charge in [-0.2, -0.15) is 0 Å². The molecule has 0 saturated carbocycles. The molecule has 2 aromatic heterocycles. The monoisotopic (exact) mass is 404 g/mol. The molecule has 0 aliphatic carbocycles. The van der Waals surface area contributed by atoms with E-state index in [1.165, 1.54) is 0 Å². The molecular formula is C20H20Cl2N3O2-. The van der Waals surface area contributed by atoms with Crippen LogP contribution in [-0.2, 0) is 19.7 Å². The van der Waals surface area contributed by atoms with E-state index in [1.54, 1.807) is 25.7 Å². The Morgan fingerprint density at radius 1 is 0.963 bits per heavy atom. The predicted octanol–water partition coefficient (Wildman–Crippen LogP) is 1.01. The molecule has 1 aromatic carbocycles. The van der Waals surface area contributed by atoms with Gasteiger partial charge in [0.2, 0.25) is 0 Å². The fourth-order valence-corrected chi connectivity index (χ4v) is 2.80. The highest BCUT2D eigenvalue weighted by Crippen LogP contribution is 2.37. The standard InChI is InChI=1S/C20H20ClN3O2.ClH/c1-25-19-9-17(13-24-11-15-4-2-6-22-10-15)8-18(21)20(19)26-14-16-5-3-7-23-12-16;/h2-10,12,24H,11,13-14H2,1H3;1H/p-1. The second kappa shape index (κ2) is 10.7. The van der Waals surface area contributed by atoms with Gasteiger partial charge < -0.3 is 27.2 Å². The van der Waals surface area contributed by atoms with E-state index in [4.69, 9.17) is 21.1 Å². The molecule has 0 saturated heterocycles. The van der Waals surface area contributed by atoms with Crippen LogP contribution in [-0.4, -0.2) is 17.1 Å². The number of nitrogens with zero attached hydrogens (tertiary/aromatic N) is 2. The van der Waals surface area contributed by atoms with E-state index in [0.717, 1.165) is 23.2 Å². The van der Waals surface area contributed by atoms with Crippen LogP contribution in [0.3, 0.4) is 0 Å². The minimum absolute atomic E-state index is 0. The Bertz CT molecular complexity index is 833. The molecule has 0 aliphatic rings. The van der Waals surface area contributed by atoms with Crippen molar-refractivity contribution in [1.82, 2.24) is 15.3 Å². The van der Waals surface area contributed by atoms with E-state index in [0.29, 0.717) is 29.7 Å². The molecule has 7 heteroatoms. The van der Waals surface area contributed by atoms with Crippen molar-refractivity contribution < 1.29 is 21.9 Å². The first-order chi connectivity index (χ1) is 12.8. The van der Waals surface area contributed by atoms with Crippen LogP contribution in [0.1, 0.15) is 16.7 Å².